The quantitative estimate of drug-likeness (QED) is 0.442. The summed E-state index contributed by atoms with van der Waals surface area (Å²) in [5.41, 5.74) is 1.13. The van der Waals surface area contributed by atoms with Gasteiger partial charge < -0.3 is 20.5 Å². The normalized spacial score (nSPS) is 32.1. The third kappa shape index (κ3) is 7.11. The van der Waals surface area contributed by atoms with Gasteiger partial charge in [0.05, 0.1) is 11.8 Å². The number of rotatable bonds is 3. The van der Waals surface area contributed by atoms with Crippen molar-refractivity contribution in [3.8, 4) is 0 Å². The van der Waals surface area contributed by atoms with Crippen LogP contribution in [0.4, 0.5) is 5.13 Å². The maximum atomic E-state index is 13.0. The van der Waals surface area contributed by atoms with E-state index in [2.05, 4.69) is 15.6 Å². The number of aliphatic hydroxyl groups is 1. The van der Waals surface area contributed by atoms with E-state index in [0.717, 1.165) is 42.1 Å². The molecular formula is C25H39N3O4S. The Morgan fingerprint density at radius 2 is 2.03 bits per heavy atom. The first-order valence-corrected chi connectivity index (χ1v) is 13.0. The molecule has 33 heavy (non-hydrogen) atoms. The predicted octanol–water partition coefficient (Wildman–Crippen LogP) is 4.18. The number of anilines is 1. The number of Topliss-reactive ketones (excluding diaryl/α,β-unsaturated/α-hetero) is 1. The average Bonchev–Trinajstić information content (AvgIpc) is 3.36. The first-order valence-electron chi connectivity index (χ1n) is 12.1. The number of esters is 1. The number of aliphatic hydroxyl groups excluding tert-OH is 1. The first kappa shape index (κ1) is 25.8. The molecule has 5 atom stereocenters. The monoisotopic (exact) mass is 477 g/mol. The molecule has 2 saturated heterocycles. The molecule has 0 saturated carbocycles. The third-order valence-corrected chi connectivity index (χ3v) is 7.92. The number of hydrogen-bond acceptors (Lipinski definition) is 8. The molecule has 2 fully saturated rings. The smallest absolute Gasteiger partial charge is 0.306 e. The van der Waals surface area contributed by atoms with Crippen LogP contribution < -0.4 is 10.6 Å². The Bertz CT molecular complexity index is 866. The second-order valence-corrected chi connectivity index (χ2v) is 11.1. The first-order chi connectivity index (χ1) is 15.6. The second kappa shape index (κ2) is 11.1. The fourth-order valence-electron chi connectivity index (χ4n) is 4.60. The topological polar surface area (TPSA) is 110 Å². The largest absolute Gasteiger partial charge is 0.458 e. The van der Waals surface area contributed by atoms with Gasteiger partial charge in [0.25, 0.3) is 0 Å². The van der Waals surface area contributed by atoms with Gasteiger partial charge in [-0.05, 0) is 37.8 Å². The van der Waals surface area contributed by atoms with Gasteiger partial charge in [0.15, 0.2) is 5.13 Å². The van der Waals surface area contributed by atoms with Gasteiger partial charge >= 0.3 is 5.97 Å². The molecule has 0 amide bonds. The van der Waals surface area contributed by atoms with Crippen LogP contribution in [-0.2, 0) is 14.3 Å². The van der Waals surface area contributed by atoms with E-state index in [1.54, 1.807) is 6.92 Å². The molecule has 2 aliphatic heterocycles. The average molecular weight is 478 g/mol. The minimum Gasteiger partial charge on any atom is -0.458 e. The van der Waals surface area contributed by atoms with Gasteiger partial charge in [-0.1, -0.05) is 33.6 Å². The number of nitrogens with zero attached hydrogens (tertiary/aromatic N) is 1. The van der Waals surface area contributed by atoms with Crippen LogP contribution in [0.5, 0.6) is 0 Å². The molecule has 8 heteroatoms. The Morgan fingerprint density at radius 3 is 2.73 bits per heavy atom. The molecule has 1 aromatic rings. The molecule has 7 nitrogen and oxygen atoms in total. The molecule has 3 rings (SSSR count). The summed E-state index contributed by atoms with van der Waals surface area (Å²) >= 11 is 1.54. The van der Waals surface area contributed by atoms with Crippen molar-refractivity contribution in [1.29, 1.82) is 0 Å². The summed E-state index contributed by atoms with van der Waals surface area (Å²) in [6, 6.07) is 0.737. The summed E-state index contributed by atoms with van der Waals surface area (Å²) < 4.78 is 5.94. The zero-order valence-electron chi connectivity index (χ0n) is 20.5. The number of nitrogens with one attached hydrogen (secondary N) is 2. The lowest BCUT2D eigenvalue weighted by Gasteiger charge is -2.29. The Balaban J connectivity index is 1.74. The lowest BCUT2D eigenvalue weighted by molar-refractivity contribution is -0.148. The van der Waals surface area contributed by atoms with Gasteiger partial charge in [0, 0.05) is 48.7 Å². The zero-order valence-corrected chi connectivity index (χ0v) is 21.3. The lowest BCUT2D eigenvalue weighted by Crippen LogP contribution is -2.36. The summed E-state index contributed by atoms with van der Waals surface area (Å²) in [7, 11) is 1.84. The minimum atomic E-state index is -0.690. The highest BCUT2D eigenvalue weighted by Crippen LogP contribution is 2.32. The maximum Gasteiger partial charge on any atom is 0.306 e. The molecule has 0 bridgehead atoms. The summed E-state index contributed by atoms with van der Waals surface area (Å²) in [6.07, 6.45) is 5.89. The number of ether oxygens (including phenoxy) is 1. The fourth-order valence-corrected chi connectivity index (χ4v) is 5.23. The molecule has 3 N–H and O–H groups in total. The Hall–Kier alpha value is -1.77. The van der Waals surface area contributed by atoms with E-state index in [9.17, 15) is 14.7 Å². The van der Waals surface area contributed by atoms with Crippen molar-refractivity contribution in [2.24, 2.45) is 11.3 Å². The number of cyclic esters (lactones) is 1. The van der Waals surface area contributed by atoms with Crippen LogP contribution in [0.25, 0.3) is 6.08 Å². The van der Waals surface area contributed by atoms with E-state index >= 15 is 0 Å². The van der Waals surface area contributed by atoms with Gasteiger partial charge in [-0.25, -0.2) is 4.98 Å². The number of carbonyl (C=O) groups is 2. The minimum absolute atomic E-state index is 0.00955. The van der Waals surface area contributed by atoms with Crippen molar-refractivity contribution >= 4 is 34.3 Å². The van der Waals surface area contributed by atoms with Crippen molar-refractivity contribution in [2.75, 3.05) is 12.4 Å². The second-order valence-electron chi connectivity index (χ2n) is 10.2. The molecule has 3 heterocycles. The molecule has 0 radical (unpaired) electrons. The Kier molecular flexibility index (Phi) is 8.70. The van der Waals surface area contributed by atoms with Crippen molar-refractivity contribution < 1.29 is 19.4 Å². The highest BCUT2D eigenvalue weighted by atomic mass is 32.1. The van der Waals surface area contributed by atoms with Crippen LogP contribution in [0, 0.1) is 11.3 Å². The van der Waals surface area contributed by atoms with E-state index in [1.165, 1.54) is 11.3 Å². The highest BCUT2D eigenvalue weighted by molar-refractivity contribution is 7.13. The van der Waals surface area contributed by atoms with Gasteiger partial charge in [-0.15, -0.1) is 11.3 Å². The maximum absolute atomic E-state index is 13.0. The Labute approximate surface area is 201 Å². The van der Waals surface area contributed by atoms with Crippen LogP contribution in [0.1, 0.15) is 78.3 Å². The SMILES string of the molecule is CNc1nc(/C=C(\C)C2CC3NC3CCCCC(O)[C@@H](C)C(=O)C(C)(C)CCC(=O)O2)cs1. The van der Waals surface area contributed by atoms with E-state index in [-0.39, 0.29) is 24.3 Å². The number of thiazole rings is 1. The number of hydrogen-bond donors (Lipinski definition) is 3. The van der Waals surface area contributed by atoms with E-state index < -0.39 is 17.4 Å². The summed E-state index contributed by atoms with van der Waals surface area (Å²) in [5.74, 6) is -0.718. The summed E-state index contributed by atoms with van der Waals surface area (Å²) in [4.78, 5) is 30.3. The molecule has 0 aliphatic carbocycles. The number of carbonyl (C=O) groups excluding carboxylic acids is 2. The predicted molar refractivity (Wildman–Crippen MR) is 132 cm³/mol. The molecule has 4 unspecified atom stereocenters. The van der Waals surface area contributed by atoms with Crippen molar-refractivity contribution in [2.45, 2.75) is 96.9 Å². The van der Waals surface area contributed by atoms with E-state index in [4.69, 9.17) is 4.74 Å². The van der Waals surface area contributed by atoms with Gasteiger partial charge in [0.2, 0.25) is 0 Å². The van der Waals surface area contributed by atoms with Crippen LogP contribution >= 0.6 is 11.3 Å². The number of ketones is 1. The third-order valence-electron chi connectivity index (χ3n) is 7.04. The number of fused-ring (bicyclic) bond motifs is 1. The lowest BCUT2D eigenvalue weighted by atomic mass is 9.76. The van der Waals surface area contributed by atoms with E-state index in [1.807, 2.05) is 39.3 Å². The number of aromatic nitrogens is 1. The zero-order chi connectivity index (χ0) is 24.2. The van der Waals surface area contributed by atoms with Crippen LogP contribution in [0.15, 0.2) is 11.0 Å². The molecule has 2 aliphatic rings. The van der Waals surface area contributed by atoms with Crippen LogP contribution in [0.3, 0.4) is 0 Å². The molecular weight excluding hydrogens is 438 g/mol. The van der Waals surface area contributed by atoms with Crippen molar-refractivity contribution in [3.63, 3.8) is 0 Å². The summed E-state index contributed by atoms with van der Waals surface area (Å²) in [6.45, 7) is 7.51. The molecule has 0 spiro atoms. The Morgan fingerprint density at radius 1 is 1.30 bits per heavy atom. The van der Waals surface area contributed by atoms with Crippen LogP contribution in [-0.4, -0.2) is 53.2 Å². The molecule has 1 aromatic heterocycles. The van der Waals surface area contributed by atoms with Gasteiger partial charge in [0.1, 0.15) is 11.9 Å². The fraction of sp³-hybridized carbons (Fsp3) is 0.720. The summed E-state index contributed by atoms with van der Waals surface area (Å²) in [5, 5.41) is 19.9. The van der Waals surface area contributed by atoms with Crippen molar-refractivity contribution in [3.05, 3.63) is 16.6 Å². The van der Waals surface area contributed by atoms with Crippen molar-refractivity contribution in [1.82, 2.24) is 10.3 Å². The highest BCUT2D eigenvalue weighted by Gasteiger charge is 2.39. The molecule has 184 valence electrons. The van der Waals surface area contributed by atoms with Gasteiger partial charge in [-0.2, -0.15) is 0 Å². The van der Waals surface area contributed by atoms with Crippen LogP contribution in [0.2, 0.25) is 0 Å². The standard InChI is InChI=1S/C25H39N3O4S/c1-15(12-17-14-33-24(26-5)27-17)21-13-19-18(28-19)8-6-7-9-20(29)16(2)23(31)25(3,4)11-10-22(30)32-21/h12,14,16,18-21,28-29H,6-11,13H2,1-5H3,(H,26,27)/b15-12+/t16-,18?,19?,20?,21?/m1/s1. The molecule has 0 aromatic carbocycles. The van der Waals surface area contributed by atoms with Gasteiger partial charge in [-0.3, -0.25) is 9.59 Å². The van der Waals surface area contributed by atoms with E-state index in [0.29, 0.717) is 24.9 Å².